The minimum Gasteiger partial charge on any atom is -0.338 e. The van der Waals surface area contributed by atoms with Crippen LogP contribution in [0.3, 0.4) is 0 Å². The zero-order valence-electron chi connectivity index (χ0n) is 9.97. The molecule has 1 aliphatic heterocycles. The molecule has 1 aliphatic rings. The Kier molecular flexibility index (Phi) is 3.57. The fourth-order valence-corrected chi connectivity index (χ4v) is 2.26. The molecule has 0 bridgehead atoms. The number of carbonyl (C=O) groups is 1. The van der Waals surface area contributed by atoms with Gasteiger partial charge in [0.25, 0.3) is 0 Å². The lowest BCUT2D eigenvalue weighted by Crippen LogP contribution is -2.49. The summed E-state index contributed by atoms with van der Waals surface area (Å²) in [6, 6.07) is 0. The molecule has 0 N–H and O–H groups in total. The zero-order chi connectivity index (χ0) is 10.8. The van der Waals surface area contributed by atoms with Crippen LogP contribution in [0.1, 0.15) is 53.4 Å². The summed E-state index contributed by atoms with van der Waals surface area (Å²) < 4.78 is 0. The van der Waals surface area contributed by atoms with Crippen molar-refractivity contribution in [1.29, 1.82) is 0 Å². The van der Waals surface area contributed by atoms with Crippen LogP contribution in [0.25, 0.3) is 0 Å². The normalized spacial score (nSPS) is 24.1. The predicted molar refractivity (Wildman–Crippen MR) is 59.1 cm³/mol. The van der Waals surface area contributed by atoms with Gasteiger partial charge >= 0.3 is 0 Å². The van der Waals surface area contributed by atoms with Crippen molar-refractivity contribution in [3.63, 3.8) is 0 Å². The van der Waals surface area contributed by atoms with Crippen LogP contribution in [-0.4, -0.2) is 22.9 Å². The maximum absolute atomic E-state index is 11.9. The fraction of sp³-hybridized carbons (Fsp3) is 0.917. The molecular weight excluding hydrogens is 174 g/mol. The Morgan fingerprint density at radius 1 is 1.43 bits per heavy atom. The molecule has 1 fully saturated rings. The van der Waals surface area contributed by atoms with Crippen molar-refractivity contribution in [2.75, 3.05) is 6.54 Å². The first-order valence-electron chi connectivity index (χ1n) is 5.75. The maximum atomic E-state index is 11.9. The third kappa shape index (κ3) is 2.73. The van der Waals surface area contributed by atoms with Crippen LogP contribution in [0.4, 0.5) is 0 Å². The molecule has 0 aromatic rings. The lowest BCUT2D eigenvalue weighted by atomic mass is 9.89. The van der Waals surface area contributed by atoms with Gasteiger partial charge in [0.05, 0.1) is 0 Å². The van der Waals surface area contributed by atoms with Crippen molar-refractivity contribution < 1.29 is 4.79 Å². The number of rotatable bonds is 2. The summed E-state index contributed by atoms with van der Waals surface area (Å²) >= 11 is 0. The third-order valence-corrected chi connectivity index (χ3v) is 3.03. The van der Waals surface area contributed by atoms with Gasteiger partial charge in [0.1, 0.15) is 0 Å². The standard InChI is InChI=1S/C12H23NO/c1-5-6-10-7-8-13(11(14)9-10)12(2,3)4/h10H,5-9H2,1-4H3. The maximum Gasteiger partial charge on any atom is 0.223 e. The van der Waals surface area contributed by atoms with Gasteiger partial charge in [0.15, 0.2) is 0 Å². The second kappa shape index (κ2) is 4.33. The van der Waals surface area contributed by atoms with Crippen molar-refractivity contribution in [3.8, 4) is 0 Å². The van der Waals surface area contributed by atoms with Gasteiger partial charge in [-0.1, -0.05) is 19.8 Å². The zero-order valence-corrected chi connectivity index (χ0v) is 9.97. The number of hydrogen-bond acceptors (Lipinski definition) is 1. The second-order valence-electron chi connectivity index (χ2n) is 5.36. The molecule has 0 aromatic heterocycles. The van der Waals surface area contributed by atoms with E-state index >= 15 is 0 Å². The van der Waals surface area contributed by atoms with Gasteiger partial charge in [-0.3, -0.25) is 4.79 Å². The molecule has 0 aliphatic carbocycles. The summed E-state index contributed by atoms with van der Waals surface area (Å²) in [5.41, 5.74) is 0.00820. The summed E-state index contributed by atoms with van der Waals surface area (Å²) in [7, 11) is 0. The minimum atomic E-state index is 0.00820. The molecule has 1 atom stereocenters. The van der Waals surface area contributed by atoms with Gasteiger partial charge in [-0.15, -0.1) is 0 Å². The number of likely N-dealkylation sites (tertiary alicyclic amines) is 1. The lowest BCUT2D eigenvalue weighted by Gasteiger charge is -2.40. The molecule has 0 radical (unpaired) electrons. The first kappa shape index (κ1) is 11.5. The SMILES string of the molecule is CCCC1CCN(C(C)(C)C)C(=O)C1. The molecule has 1 rings (SSSR count). The molecule has 14 heavy (non-hydrogen) atoms. The van der Waals surface area contributed by atoms with Crippen molar-refractivity contribution >= 4 is 5.91 Å². The van der Waals surface area contributed by atoms with Gasteiger partial charge in [-0.2, -0.15) is 0 Å². The average Bonchev–Trinajstić information content (AvgIpc) is 2.02. The monoisotopic (exact) mass is 197 g/mol. The minimum absolute atomic E-state index is 0.00820. The second-order valence-corrected chi connectivity index (χ2v) is 5.36. The van der Waals surface area contributed by atoms with Crippen molar-refractivity contribution in [1.82, 2.24) is 4.90 Å². The predicted octanol–water partition coefficient (Wildman–Crippen LogP) is 2.82. The van der Waals surface area contributed by atoms with E-state index in [0.29, 0.717) is 11.8 Å². The highest BCUT2D eigenvalue weighted by molar-refractivity contribution is 5.77. The van der Waals surface area contributed by atoms with Crippen LogP contribution in [0.5, 0.6) is 0 Å². The van der Waals surface area contributed by atoms with Crippen molar-refractivity contribution in [2.45, 2.75) is 58.9 Å². The molecule has 0 aromatic carbocycles. The lowest BCUT2D eigenvalue weighted by molar-refractivity contribution is -0.140. The van der Waals surface area contributed by atoms with E-state index in [1.54, 1.807) is 0 Å². The number of piperidine rings is 1. The largest absolute Gasteiger partial charge is 0.338 e. The van der Waals surface area contributed by atoms with Crippen LogP contribution in [-0.2, 0) is 4.79 Å². The summed E-state index contributed by atoms with van der Waals surface area (Å²) in [5, 5.41) is 0. The van der Waals surface area contributed by atoms with Crippen LogP contribution < -0.4 is 0 Å². The number of nitrogens with zero attached hydrogens (tertiary/aromatic N) is 1. The third-order valence-electron chi connectivity index (χ3n) is 3.03. The van der Waals surface area contributed by atoms with Crippen LogP contribution >= 0.6 is 0 Å². The number of amides is 1. The first-order chi connectivity index (χ1) is 6.45. The topological polar surface area (TPSA) is 20.3 Å². The van der Waals surface area contributed by atoms with Gasteiger partial charge in [0, 0.05) is 18.5 Å². The molecule has 1 saturated heterocycles. The highest BCUT2D eigenvalue weighted by atomic mass is 16.2. The Bertz CT molecular complexity index is 205. The molecule has 1 heterocycles. The number of hydrogen-bond donors (Lipinski definition) is 0. The van der Waals surface area contributed by atoms with Gasteiger partial charge in [-0.25, -0.2) is 0 Å². The molecule has 82 valence electrons. The van der Waals surface area contributed by atoms with Crippen molar-refractivity contribution in [2.24, 2.45) is 5.92 Å². The van der Waals surface area contributed by atoms with E-state index in [1.807, 2.05) is 4.90 Å². The molecule has 0 saturated carbocycles. The molecule has 1 amide bonds. The Labute approximate surface area is 87.7 Å². The van der Waals surface area contributed by atoms with E-state index < -0.39 is 0 Å². The van der Waals surface area contributed by atoms with E-state index in [0.717, 1.165) is 13.0 Å². The van der Waals surface area contributed by atoms with Crippen LogP contribution in [0.15, 0.2) is 0 Å². The molecular formula is C12H23NO. The Morgan fingerprint density at radius 2 is 2.07 bits per heavy atom. The van der Waals surface area contributed by atoms with Crippen LogP contribution in [0.2, 0.25) is 0 Å². The van der Waals surface area contributed by atoms with E-state index in [9.17, 15) is 4.79 Å². The molecule has 1 unspecified atom stereocenters. The van der Waals surface area contributed by atoms with Gasteiger partial charge in [0.2, 0.25) is 5.91 Å². The fourth-order valence-electron chi connectivity index (χ4n) is 2.26. The van der Waals surface area contributed by atoms with Gasteiger partial charge in [-0.05, 0) is 33.1 Å². The Balaban J connectivity index is 2.52. The van der Waals surface area contributed by atoms with Crippen molar-refractivity contribution in [3.05, 3.63) is 0 Å². The van der Waals surface area contributed by atoms with E-state index in [-0.39, 0.29) is 5.54 Å². The molecule has 2 nitrogen and oxygen atoms in total. The number of carbonyl (C=O) groups excluding carboxylic acids is 1. The van der Waals surface area contributed by atoms with E-state index in [2.05, 4.69) is 27.7 Å². The summed E-state index contributed by atoms with van der Waals surface area (Å²) in [4.78, 5) is 13.9. The summed E-state index contributed by atoms with van der Waals surface area (Å²) in [6.07, 6.45) is 4.37. The Hall–Kier alpha value is -0.530. The van der Waals surface area contributed by atoms with Crippen LogP contribution in [0, 0.1) is 5.92 Å². The summed E-state index contributed by atoms with van der Waals surface area (Å²) in [6.45, 7) is 9.49. The van der Waals surface area contributed by atoms with Gasteiger partial charge < -0.3 is 4.90 Å². The van der Waals surface area contributed by atoms with E-state index in [1.165, 1.54) is 19.3 Å². The van der Waals surface area contributed by atoms with E-state index in [4.69, 9.17) is 0 Å². The first-order valence-corrected chi connectivity index (χ1v) is 5.75. The highest BCUT2D eigenvalue weighted by Gasteiger charge is 2.31. The smallest absolute Gasteiger partial charge is 0.223 e. The molecule has 2 heteroatoms. The summed E-state index contributed by atoms with van der Waals surface area (Å²) in [5.74, 6) is 0.994. The Morgan fingerprint density at radius 3 is 2.50 bits per heavy atom. The average molecular weight is 197 g/mol. The highest BCUT2D eigenvalue weighted by Crippen LogP contribution is 2.27. The quantitative estimate of drug-likeness (QED) is 0.666. The molecule has 0 spiro atoms.